The summed E-state index contributed by atoms with van der Waals surface area (Å²) >= 11 is 0. The summed E-state index contributed by atoms with van der Waals surface area (Å²) in [5.41, 5.74) is 9.66. The highest BCUT2D eigenvalue weighted by Gasteiger charge is 2.37. The molecule has 2 heterocycles. The molecule has 0 bridgehead atoms. The Balaban J connectivity index is 1.43. The highest BCUT2D eigenvalue weighted by molar-refractivity contribution is 5.85. The van der Waals surface area contributed by atoms with Gasteiger partial charge < -0.3 is 25.6 Å². The first-order valence-electron chi connectivity index (χ1n) is 13.8. The van der Waals surface area contributed by atoms with Crippen LogP contribution in [0.15, 0.2) is 54.9 Å². The van der Waals surface area contributed by atoms with Crippen LogP contribution in [0.25, 0.3) is 22.5 Å². The molecular formula is C31H36N4O6. The van der Waals surface area contributed by atoms with Gasteiger partial charge in [-0.25, -0.2) is 9.97 Å². The topological polar surface area (TPSA) is 156 Å². The average Bonchev–Trinajstić information content (AvgIpc) is 2.90. The summed E-state index contributed by atoms with van der Waals surface area (Å²) in [6.07, 6.45) is 5.48. The number of benzene rings is 2. The summed E-state index contributed by atoms with van der Waals surface area (Å²) in [4.78, 5) is 45.7. The lowest BCUT2D eigenvalue weighted by Gasteiger charge is -2.38. The number of nitrogens with zero attached hydrogens (tertiary/aromatic N) is 3. The molecule has 1 aromatic heterocycles. The molecule has 0 spiro atoms. The smallest absolute Gasteiger partial charge is 0.310 e. The van der Waals surface area contributed by atoms with Crippen LogP contribution in [0.1, 0.15) is 37.8 Å². The number of carboxylic acid groups (broad SMARTS) is 2. The highest BCUT2D eigenvalue weighted by Crippen LogP contribution is 2.27. The summed E-state index contributed by atoms with van der Waals surface area (Å²) < 4.78 is 5.82. The Morgan fingerprint density at radius 2 is 1.71 bits per heavy atom. The number of carbonyl (C=O) groups excluding carboxylic acids is 1. The van der Waals surface area contributed by atoms with Gasteiger partial charge in [-0.05, 0) is 54.0 Å². The number of nitrogens with two attached hydrogens (primary N) is 1. The van der Waals surface area contributed by atoms with E-state index in [4.69, 9.17) is 15.6 Å². The Kier molecular flexibility index (Phi) is 9.67. The van der Waals surface area contributed by atoms with Crippen molar-refractivity contribution >= 4 is 17.8 Å². The van der Waals surface area contributed by atoms with E-state index in [-0.39, 0.29) is 31.8 Å². The monoisotopic (exact) mass is 560 g/mol. The van der Waals surface area contributed by atoms with Crippen LogP contribution in [0.2, 0.25) is 0 Å². The van der Waals surface area contributed by atoms with Gasteiger partial charge in [-0.15, -0.1) is 0 Å². The van der Waals surface area contributed by atoms with Crippen molar-refractivity contribution in [1.29, 1.82) is 0 Å². The van der Waals surface area contributed by atoms with Crippen LogP contribution in [-0.4, -0.2) is 68.7 Å². The van der Waals surface area contributed by atoms with Crippen molar-refractivity contribution in [3.8, 4) is 28.3 Å². The number of likely N-dealkylation sites (tertiary alicyclic amines) is 1. The minimum absolute atomic E-state index is 0.148. The second-order valence-electron chi connectivity index (χ2n) is 10.9. The molecule has 41 heavy (non-hydrogen) atoms. The molecule has 1 aliphatic rings. The zero-order chi connectivity index (χ0) is 29.5. The van der Waals surface area contributed by atoms with Crippen LogP contribution in [0.4, 0.5) is 0 Å². The number of ether oxygens (including phenoxy) is 1. The SMILES string of the molecule is CC(C)CCCOc1ccc(-c2cnc(-c3ccc(CC(N)C(=O)N4CC(C(=O)O)C4)cc3CC(=O)O)nc2)cc1. The van der Waals surface area contributed by atoms with Gasteiger partial charge >= 0.3 is 11.9 Å². The maximum Gasteiger partial charge on any atom is 0.310 e. The maximum absolute atomic E-state index is 12.6. The number of aromatic nitrogens is 2. The quantitative estimate of drug-likeness (QED) is 0.265. The first-order valence-corrected chi connectivity index (χ1v) is 13.8. The normalized spacial score (nSPS) is 14.0. The molecule has 1 fully saturated rings. The van der Waals surface area contributed by atoms with E-state index in [1.165, 1.54) is 4.90 Å². The third-order valence-corrected chi connectivity index (χ3v) is 7.10. The zero-order valence-corrected chi connectivity index (χ0v) is 23.3. The van der Waals surface area contributed by atoms with Crippen molar-refractivity contribution in [2.45, 2.75) is 45.6 Å². The number of hydrogen-bond donors (Lipinski definition) is 3. The number of carbonyl (C=O) groups is 3. The van der Waals surface area contributed by atoms with Gasteiger partial charge in [0.1, 0.15) is 5.75 Å². The van der Waals surface area contributed by atoms with Gasteiger partial charge in [0.15, 0.2) is 5.82 Å². The lowest BCUT2D eigenvalue weighted by Crippen LogP contribution is -2.57. The van der Waals surface area contributed by atoms with Crippen LogP contribution < -0.4 is 10.5 Å². The summed E-state index contributed by atoms with van der Waals surface area (Å²) in [5.74, 6) is -0.961. The first kappa shape index (κ1) is 29.7. The molecule has 1 unspecified atom stereocenters. The van der Waals surface area contributed by atoms with Crippen molar-refractivity contribution in [2.24, 2.45) is 17.6 Å². The minimum atomic E-state index is -1.01. The molecule has 1 atom stereocenters. The molecule has 4 N–H and O–H groups in total. The fourth-order valence-corrected chi connectivity index (χ4v) is 4.73. The van der Waals surface area contributed by atoms with Crippen LogP contribution >= 0.6 is 0 Å². The second-order valence-corrected chi connectivity index (χ2v) is 10.9. The Morgan fingerprint density at radius 3 is 2.32 bits per heavy atom. The molecule has 1 amide bonds. The molecular weight excluding hydrogens is 524 g/mol. The minimum Gasteiger partial charge on any atom is -0.494 e. The molecule has 2 aromatic carbocycles. The van der Waals surface area contributed by atoms with Gasteiger partial charge in [0.25, 0.3) is 0 Å². The standard InChI is InChI=1S/C31H36N4O6/c1-19(2)4-3-11-41-25-8-6-21(7-9-25)23-15-33-29(34-16-23)26-10-5-20(12-22(26)14-28(36)37)13-27(32)30(38)35-17-24(18-35)31(39)40/h5-10,12,15-16,19,24,27H,3-4,11,13-14,17-18,32H2,1-2H3,(H,36,37)(H,39,40). The maximum atomic E-state index is 12.6. The fourth-order valence-electron chi connectivity index (χ4n) is 4.73. The molecule has 3 aromatic rings. The molecule has 10 nitrogen and oxygen atoms in total. The van der Waals surface area contributed by atoms with Crippen molar-refractivity contribution < 1.29 is 29.3 Å². The molecule has 1 saturated heterocycles. The van der Waals surface area contributed by atoms with Gasteiger partial charge in [-0.1, -0.05) is 44.2 Å². The predicted octanol–water partition coefficient (Wildman–Crippen LogP) is 3.67. The third-order valence-electron chi connectivity index (χ3n) is 7.10. The van der Waals surface area contributed by atoms with Crippen LogP contribution in [0.3, 0.4) is 0 Å². The van der Waals surface area contributed by atoms with E-state index in [1.807, 2.05) is 24.3 Å². The van der Waals surface area contributed by atoms with E-state index in [0.717, 1.165) is 29.7 Å². The van der Waals surface area contributed by atoms with Gasteiger partial charge in [0.2, 0.25) is 5.91 Å². The van der Waals surface area contributed by atoms with E-state index in [0.29, 0.717) is 35.0 Å². The summed E-state index contributed by atoms with van der Waals surface area (Å²) in [6.45, 7) is 5.37. The lowest BCUT2D eigenvalue weighted by atomic mass is 9.95. The number of amides is 1. The Labute approximate surface area is 239 Å². The van der Waals surface area contributed by atoms with E-state index < -0.39 is 23.9 Å². The Morgan fingerprint density at radius 1 is 1.02 bits per heavy atom. The van der Waals surface area contributed by atoms with Crippen LogP contribution in [-0.2, 0) is 27.2 Å². The van der Waals surface area contributed by atoms with Gasteiger partial charge in [-0.2, -0.15) is 0 Å². The van der Waals surface area contributed by atoms with E-state index in [1.54, 1.807) is 30.6 Å². The van der Waals surface area contributed by atoms with Gasteiger partial charge in [-0.3, -0.25) is 14.4 Å². The molecule has 0 saturated carbocycles. The third kappa shape index (κ3) is 7.88. The summed E-state index contributed by atoms with van der Waals surface area (Å²) in [5, 5.41) is 18.5. The van der Waals surface area contributed by atoms with E-state index in [2.05, 4.69) is 23.8 Å². The first-order chi connectivity index (χ1) is 19.6. The van der Waals surface area contributed by atoms with Crippen LogP contribution in [0.5, 0.6) is 5.75 Å². The molecule has 1 aliphatic heterocycles. The molecule has 10 heteroatoms. The number of hydrogen-bond acceptors (Lipinski definition) is 7. The van der Waals surface area contributed by atoms with Gasteiger partial charge in [0, 0.05) is 36.6 Å². The molecule has 4 rings (SSSR count). The molecule has 0 aliphatic carbocycles. The number of aliphatic carboxylic acids is 2. The van der Waals surface area contributed by atoms with Crippen molar-refractivity contribution in [1.82, 2.24) is 14.9 Å². The molecule has 216 valence electrons. The van der Waals surface area contributed by atoms with E-state index in [9.17, 15) is 19.5 Å². The fraction of sp³-hybridized carbons (Fsp3) is 0.387. The largest absolute Gasteiger partial charge is 0.494 e. The Bertz CT molecular complexity index is 1370. The second kappa shape index (κ2) is 13.4. The number of rotatable bonds is 13. The summed E-state index contributed by atoms with van der Waals surface area (Å²) in [7, 11) is 0. The van der Waals surface area contributed by atoms with Gasteiger partial charge in [0.05, 0.1) is 25.0 Å². The van der Waals surface area contributed by atoms with E-state index >= 15 is 0 Å². The predicted molar refractivity (Wildman–Crippen MR) is 153 cm³/mol. The Hall–Kier alpha value is -4.31. The highest BCUT2D eigenvalue weighted by atomic mass is 16.5. The summed E-state index contributed by atoms with van der Waals surface area (Å²) in [6, 6.07) is 12.1. The van der Waals surface area contributed by atoms with Crippen molar-refractivity contribution in [3.63, 3.8) is 0 Å². The average molecular weight is 561 g/mol. The van der Waals surface area contributed by atoms with Crippen molar-refractivity contribution in [3.05, 3.63) is 66.0 Å². The number of carboxylic acids is 2. The zero-order valence-electron chi connectivity index (χ0n) is 23.3. The lowest BCUT2D eigenvalue weighted by molar-refractivity contribution is -0.153. The molecule has 0 radical (unpaired) electrons. The van der Waals surface area contributed by atoms with Crippen molar-refractivity contribution in [2.75, 3.05) is 19.7 Å². The van der Waals surface area contributed by atoms with Crippen LogP contribution in [0, 0.1) is 11.8 Å².